The Hall–Kier alpha value is -1.66. The minimum atomic E-state index is 0.762. The van der Waals surface area contributed by atoms with E-state index in [1.807, 2.05) is 35.4 Å². The standard InChI is InChI=1S/C11H13N5S/c1-12-6-8-7-16-11(13-8)15(2)10(14-16)9-4-3-5-17-9/h3-5,7,12H,6H2,1-2H3. The number of nitrogens with one attached hydrogen (secondary N) is 1. The number of aryl methyl sites for hydroxylation is 1. The van der Waals surface area contributed by atoms with E-state index >= 15 is 0 Å². The molecule has 0 aliphatic heterocycles. The summed E-state index contributed by atoms with van der Waals surface area (Å²) in [6.45, 7) is 0.762. The van der Waals surface area contributed by atoms with Crippen molar-refractivity contribution in [3.05, 3.63) is 29.4 Å². The summed E-state index contributed by atoms with van der Waals surface area (Å²) in [5.41, 5.74) is 1.00. The van der Waals surface area contributed by atoms with Gasteiger partial charge in [0.15, 0.2) is 5.82 Å². The van der Waals surface area contributed by atoms with E-state index in [-0.39, 0.29) is 0 Å². The summed E-state index contributed by atoms with van der Waals surface area (Å²) in [4.78, 5) is 5.70. The monoisotopic (exact) mass is 247 g/mol. The van der Waals surface area contributed by atoms with Crippen molar-refractivity contribution in [1.82, 2.24) is 24.5 Å². The number of hydrogen-bond donors (Lipinski definition) is 1. The van der Waals surface area contributed by atoms with Crippen LogP contribution in [0.1, 0.15) is 5.69 Å². The van der Waals surface area contributed by atoms with Gasteiger partial charge in [-0.05, 0) is 18.5 Å². The largest absolute Gasteiger partial charge is 0.314 e. The summed E-state index contributed by atoms with van der Waals surface area (Å²) in [6.07, 6.45) is 1.96. The number of nitrogens with zero attached hydrogens (tertiary/aromatic N) is 4. The molecule has 0 amide bonds. The van der Waals surface area contributed by atoms with Gasteiger partial charge in [-0.1, -0.05) is 6.07 Å². The molecule has 3 aromatic rings. The lowest BCUT2D eigenvalue weighted by molar-refractivity contribution is 0.792. The van der Waals surface area contributed by atoms with Gasteiger partial charge in [-0.3, -0.25) is 4.57 Å². The number of aromatic nitrogens is 4. The molecule has 0 radical (unpaired) electrons. The molecule has 6 heteroatoms. The molecule has 88 valence electrons. The van der Waals surface area contributed by atoms with E-state index in [9.17, 15) is 0 Å². The number of fused-ring (bicyclic) bond motifs is 1. The van der Waals surface area contributed by atoms with Gasteiger partial charge in [-0.15, -0.1) is 16.4 Å². The van der Waals surface area contributed by atoms with Gasteiger partial charge in [-0.2, -0.15) is 0 Å². The predicted molar refractivity (Wildman–Crippen MR) is 68.0 cm³/mol. The summed E-state index contributed by atoms with van der Waals surface area (Å²) < 4.78 is 3.85. The van der Waals surface area contributed by atoms with Crippen molar-refractivity contribution in [1.29, 1.82) is 0 Å². The minimum Gasteiger partial charge on any atom is -0.314 e. The second-order valence-corrected chi connectivity index (χ2v) is 4.81. The Bertz CT molecular complexity index is 634. The topological polar surface area (TPSA) is 47.1 Å². The van der Waals surface area contributed by atoms with Crippen LogP contribution < -0.4 is 5.32 Å². The number of hydrogen-bond acceptors (Lipinski definition) is 4. The van der Waals surface area contributed by atoms with E-state index in [2.05, 4.69) is 26.8 Å². The van der Waals surface area contributed by atoms with E-state index in [1.165, 1.54) is 0 Å². The molecule has 0 unspecified atom stereocenters. The third-order valence-electron chi connectivity index (χ3n) is 2.64. The first-order valence-electron chi connectivity index (χ1n) is 5.39. The van der Waals surface area contributed by atoms with Crippen LogP contribution >= 0.6 is 11.3 Å². The van der Waals surface area contributed by atoms with Gasteiger partial charge in [0.1, 0.15) is 0 Å². The quantitative estimate of drug-likeness (QED) is 0.763. The second kappa shape index (κ2) is 3.97. The van der Waals surface area contributed by atoms with Crippen molar-refractivity contribution in [3.63, 3.8) is 0 Å². The highest BCUT2D eigenvalue weighted by Gasteiger charge is 2.13. The van der Waals surface area contributed by atoms with Crippen molar-refractivity contribution >= 4 is 17.1 Å². The van der Waals surface area contributed by atoms with Crippen molar-refractivity contribution in [2.75, 3.05) is 7.05 Å². The van der Waals surface area contributed by atoms with Crippen LogP contribution in [0, 0.1) is 0 Å². The van der Waals surface area contributed by atoms with Gasteiger partial charge in [0.05, 0.1) is 16.8 Å². The van der Waals surface area contributed by atoms with Gasteiger partial charge in [0, 0.05) is 13.6 Å². The molecule has 3 aromatic heterocycles. The summed E-state index contributed by atoms with van der Waals surface area (Å²) in [5, 5.41) is 9.70. The predicted octanol–water partition coefficient (Wildman–Crippen LogP) is 1.52. The lowest BCUT2D eigenvalue weighted by Crippen LogP contribution is -2.05. The van der Waals surface area contributed by atoms with Gasteiger partial charge >= 0.3 is 0 Å². The maximum atomic E-state index is 4.56. The van der Waals surface area contributed by atoms with Gasteiger partial charge in [-0.25, -0.2) is 9.50 Å². The zero-order valence-corrected chi connectivity index (χ0v) is 10.5. The van der Waals surface area contributed by atoms with Crippen LogP contribution in [0.4, 0.5) is 0 Å². The first-order chi connectivity index (χ1) is 8.29. The fourth-order valence-corrected chi connectivity index (χ4v) is 2.60. The molecule has 0 aliphatic carbocycles. The lowest BCUT2D eigenvalue weighted by atomic mass is 10.4. The molecule has 0 spiro atoms. The molecule has 0 atom stereocenters. The van der Waals surface area contributed by atoms with Crippen LogP contribution in [0.2, 0.25) is 0 Å². The number of rotatable bonds is 3. The van der Waals surface area contributed by atoms with Crippen LogP contribution in [0.25, 0.3) is 16.5 Å². The van der Waals surface area contributed by atoms with E-state index in [4.69, 9.17) is 0 Å². The van der Waals surface area contributed by atoms with Gasteiger partial charge in [0.25, 0.3) is 0 Å². The highest BCUT2D eigenvalue weighted by molar-refractivity contribution is 7.13. The molecule has 0 saturated heterocycles. The smallest absolute Gasteiger partial charge is 0.232 e. The molecule has 0 aromatic carbocycles. The van der Waals surface area contributed by atoms with E-state index in [1.54, 1.807) is 11.3 Å². The van der Waals surface area contributed by atoms with Crippen molar-refractivity contribution in [3.8, 4) is 10.7 Å². The van der Waals surface area contributed by atoms with Crippen molar-refractivity contribution in [2.24, 2.45) is 7.05 Å². The normalized spacial score (nSPS) is 11.4. The second-order valence-electron chi connectivity index (χ2n) is 3.87. The maximum Gasteiger partial charge on any atom is 0.232 e. The maximum absolute atomic E-state index is 4.56. The Kier molecular flexibility index (Phi) is 2.45. The molecule has 0 saturated carbocycles. The van der Waals surface area contributed by atoms with Crippen LogP contribution in [0.15, 0.2) is 23.7 Å². The Morgan fingerprint density at radius 2 is 2.35 bits per heavy atom. The molecule has 0 aliphatic rings. The summed E-state index contributed by atoms with van der Waals surface area (Å²) in [6, 6.07) is 4.10. The van der Waals surface area contributed by atoms with Gasteiger partial charge < -0.3 is 5.32 Å². The minimum absolute atomic E-state index is 0.762. The molecule has 3 rings (SSSR count). The number of imidazole rings is 1. The average molecular weight is 247 g/mol. The SMILES string of the molecule is CNCc1cn2nc(-c3cccs3)n(C)c2n1. The van der Waals surface area contributed by atoms with Crippen LogP contribution in [0.5, 0.6) is 0 Å². The molecular weight excluding hydrogens is 234 g/mol. The van der Waals surface area contributed by atoms with Crippen molar-refractivity contribution in [2.45, 2.75) is 6.54 Å². The Balaban J connectivity index is 2.11. The Morgan fingerprint density at radius 1 is 1.47 bits per heavy atom. The Morgan fingerprint density at radius 3 is 3.00 bits per heavy atom. The summed E-state index contributed by atoms with van der Waals surface area (Å²) in [5.74, 6) is 1.83. The third kappa shape index (κ3) is 1.65. The molecular formula is C11H13N5S. The molecule has 0 bridgehead atoms. The average Bonchev–Trinajstić information content (AvgIpc) is 2.97. The Labute approximate surface area is 103 Å². The molecule has 1 N–H and O–H groups in total. The first kappa shape index (κ1) is 10.5. The molecule has 5 nitrogen and oxygen atoms in total. The lowest BCUT2D eigenvalue weighted by Gasteiger charge is -1.96. The highest BCUT2D eigenvalue weighted by atomic mass is 32.1. The summed E-state index contributed by atoms with van der Waals surface area (Å²) >= 11 is 1.69. The zero-order valence-electron chi connectivity index (χ0n) is 9.71. The van der Waals surface area contributed by atoms with Crippen molar-refractivity contribution < 1.29 is 0 Å². The first-order valence-corrected chi connectivity index (χ1v) is 6.27. The fraction of sp³-hybridized carbons (Fsp3) is 0.273. The third-order valence-corrected chi connectivity index (χ3v) is 3.51. The van der Waals surface area contributed by atoms with Crippen LogP contribution in [0.3, 0.4) is 0 Å². The zero-order chi connectivity index (χ0) is 11.8. The van der Waals surface area contributed by atoms with Crippen LogP contribution in [-0.2, 0) is 13.6 Å². The molecule has 3 heterocycles. The molecule has 17 heavy (non-hydrogen) atoms. The van der Waals surface area contributed by atoms with E-state index in [0.717, 1.165) is 28.7 Å². The number of thiophene rings is 1. The summed E-state index contributed by atoms with van der Waals surface area (Å²) in [7, 11) is 3.90. The highest BCUT2D eigenvalue weighted by Crippen LogP contribution is 2.23. The van der Waals surface area contributed by atoms with Crippen LogP contribution in [-0.4, -0.2) is 26.2 Å². The van der Waals surface area contributed by atoms with E-state index < -0.39 is 0 Å². The molecule has 0 fully saturated rings. The van der Waals surface area contributed by atoms with E-state index in [0.29, 0.717) is 0 Å². The fourth-order valence-electron chi connectivity index (χ4n) is 1.86. The van der Waals surface area contributed by atoms with Gasteiger partial charge in [0.2, 0.25) is 5.78 Å².